The second-order valence-electron chi connectivity index (χ2n) is 4.64. The van der Waals surface area contributed by atoms with Crippen molar-refractivity contribution in [2.24, 2.45) is 11.5 Å². The van der Waals surface area contributed by atoms with Gasteiger partial charge in [-0.3, -0.25) is 13.7 Å². The number of aliphatic carboxylic acids is 2. The molecule has 0 radical (unpaired) electrons. The van der Waals surface area contributed by atoms with Gasteiger partial charge in [0, 0.05) is 6.61 Å². The molecule has 160 valence electrons. The van der Waals surface area contributed by atoms with Crippen LogP contribution in [-0.4, -0.2) is 56.7 Å². The summed E-state index contributed by atoms with van der Waals surface area (Å²) in [5.41, 5.74) is 9.82. The summed E-state index contributed by atoms with van der Waals surface area (Å²) in [6.07, 6.45) is -3.93. The van der Waals surface area contributed by atoms with E-state index >= 15 is 0 Å². The monoisotopic (exact) mass is 436 g/mol. The van der Waals surface area contributed by atoms with Crippen LogP contribution in [0.25, 0.3) is 0 Å². The van der Waals surface area contributed by atoms with Gasteiger partial charge in [0.2, 0.25) is 0 Å². The Morgan fingerprint density at radius 1 is 0.926 bits per heavy atom. The molecule has 0 aliphatic rings. The molecule has 0 saturated heterocycles. The molecule has 0 spiro atoms. The molecule has 27 heavy (non-hydrogen) atoms. The molecular weight excluding hydrogens is 418 g/mol. The molecule has 0 aromatic heterocycles. The smallest absolute Gasteiger partial charge is 0.269 e. The van der Waals surface area contributed by atoms with Gasteiger partial charge >= 0.3 is 0 Å². The van der Waals surface area contributed by atoms with Crippen LogP contribution in [0.3, 0.4) is 0 Å². The Hall–Kier alpha value is -0.960. The van der Waals surface area contributed by atoms with Crippen molar-refractivity contribution >= 4 is 27.6 Å². The zero-order valence-electron chi connectivity index (χ0n) is 13.9. The SMILES string of the molecule is CCOCC(COP(=O)([O-])OC(N)C(=O)[O-])OP(=O)([O-])OCC(N)C(=O)[O-]. The third kappa shape index (κ3) is 12.2. The largest absolute Gasteiger partial charge is 0.756 e. The number of carbonyl (C=O) groups is 2. The van der Waals surface area contributed by atoms with E-state index in [1.807, 2.05) is 0 Å². The Bertz CT molecular complexity index is 587. The lowest BCUT2D eigenvalue weighted by Crippen LogP contribution is -2.45. The molecule has 4 N–H and O–H groups in total. The van der Waals surface area contributed by atoms with E-state index < -0.39 is 65.8 Å². The molecule has 0 heterocycles. The second-order valence-corrected chi connectivity index (χ2v) is 7.37. The van der Waals surface area contributed by atoms with Crippen LogP contribution in [0, 0.1) is 0 Å². The van der Waals surface area contributed by atoms with Gasteiger partial charge < -0.3 is 59.4 Å². The van der Waals surface area contributed by atoms with Gasteiger partial charge in [-0.05, 0) is 6.92 Å². The van der Waals surface area contributed by atoms with Crippen LogP contribution in [0.15, 0.2) is 0 Å². The molecule has 17 heteroatoms. The lowest BCUT2D eigenvalue weighted by molar-refractivity contribution is -0.317. The van der Waals surface area contributed by atoms with E-state index in [1.165, 1.54) is 6.92 Å². The highest BCUT2D eigenvalue weighted by atomic mass is 31.2. The molecule has 0 aromatic rings. The van der Waals surface area contributed by atoms with Crippen molar-refractivity contribution in [2.45, 2.75) is 25.3 Å². The Balaban J connectivity index is 4.82. The minimum atomic E-state index is -5.27. The number of nitrogens with two attached hydrogens (primary N) is 2. The summed E-state index contributed by atoms with van der Waals surface area (Å²) in [5.74, 6) is -3.82. The maximum atomic E-state index is 11.6. The fourth-order valence-electron chi connectivity index (χ4n) is 1.20. The highest BCUT2D eigenvalue weighted by Gasteiger charge is 2.23. The summed E-state index contributed by atoms with van der Waals surface area (Å²) in [6, 6.07) is -1.76. The van der Waals surface area contributed by atoms with E-state index in [-0.39, 0.29) is 6.61 Å². The number of phosphoric acid groups is 2. The molecule has 5 atom stereocenters. The zero-order chi connectivity index (χ0) is 21.3. The van der Waals surface area contributed by atoms with Gasteiger partial charge in [0.15, 0.2) is 6.23 Å². The zero-order valence-corrected chi connectivity index (χ0v) is 15.7. The third-order valence-corrected chi connectivity index (χ3v) is 4.37. The fourth-order valence-corrected chi connectivity index (χ4v) is 2.86. The predicted molar refractivity (Wildman–Crippen MR) is 75.5 cm³/mol. The van der Waals surface area contributed by atoms with Gasteiger partial charge in [-0.25, -0.2) is 0 Å². The number of carbonyl (C=O) groups excluding carboxylic acids is 2. The van der Waals surface area contributed by atoms with E-state index in [4.69, 9.17) is 16.2 Å². The summed E-state index contributed by atoms with van der Waals surface area (Å²) >= 11 is 0. The standard InChI is InChI=1S/C10H22N2O13P2/c1-2-21-3-6(4-22-27(19,20)25-8(12)10(15)16)24-26(17,18)23-5-7(11)9(13)14/h6-8H,2-5,11-12H2,1H3,(H,13,14)(H,15,16)(H,17,18)(H,19,20)/p-4. The number of carboxylic acids is 2. The minimum Gasteiger partial charge on any atom is -0.756 e. The van der Waals surface area contributed by atoms with E-state index in [0.29, 0.717) is 0 Å². The normalized spacial score (nSPS) is 19.4. The number of carboxylic acid groups (broad SMARTS) is 2. The molecular formula is C10H18N2O13P2-4. The summed E-state index contributed by atoms with van der Waals surface area (Å²) in [7, 11) is -10.4. The fraction of sp³-hybridized carbons (Fsp3) is 0.800. The van der Waals surface area contributed by atoms with Gasteiger partial charge in [-0.1, -0.05) is 0 Å². The summed E-state index contributed by atoms with van der Waals surface area (Å²) in [4.78, 5) is 43.8. The van der Waals surface area contributed by atoms with Crippen molar-refractivity contribution in [3.05, 3.63) is 0 Å². The van der Waals surface area contributed by atoms with Crippen LogP contribution in [-0.2, 0) is 41.6 Å². The quantitative estimate of drug-likeness (QED) is 0.179. The van der Waals surface area contributed by atoms with Crippen LogP contribution >= 0.6 is 15.6 Å². The summed E-state index contributed by atoms with van der Waals surface area (Å²) < 4.78 is 44.9. The molecule has 15 nitrogen and oxygen atoms in total. The van der Waals surface area contributed by atoms with Crippen LogP contribution in [0.5, 0.6) is 0 Å². The van der Waals surface area contributed by atoms with Gasteiger partial charge in [0.05, 0.1) is 37.8 Å². The van der Waals surface area contributed by atoms with Crippen molar-refractivity contribution in [1.29, 1.82) is 0 Å². The van der Waals surface area contributed by atoms with Crippen molar-refractivity contribution in [2.75, 3.05) is 26.4 Å². The van der Waals surface area contributed by atoms with E-state index in [2.05, 4.69) is 18.1 Å². The van der Waals surface area contributed by atoms with Crippen molar-refractivity contribution < 1.29 is 61.6 Å². The molecule has 0 aliphatic carbocycles. The number of phosphoric ester groups is 2. The van der Waals surface area contributed by atoms with E-state index in [1.54, 1.807) is 0 Å². The van der Waals surface area contributed by atoms with Crippen LogP contribution in [0.2, 0.25) is 0 Å². The van der Waals surface area contributed by atoms with Gasteiger partial charge in [-0.15, -0.1) is 0 Å². The van der Waals surface area contributed by atoms with Crippen LogP contribution in [0.4, 0.5) is 0 Å². The highest BCUT2D eigenvalue weighted by molar-refractivity contribution is 7.46. The molecule has 0 aromatic carbocycles. The number of ether oxygens (including phenoxy) is 1. The highest BCUT2D eigenvalue weighted by Crippen LogP contribution is 2.42. The molecule has 0 saturated carbocycles. The van der Waals surface area contributed by atoms with Gasteiger partial charge in [-0.2, -0.15) is 0 Å². The van der Waals surface area contributed by atoms with Crippen LogP contribution in [0.1, 0.15) is 6.92 Å². The van der Waals surface area contributed by atoms with Gasteiger partial charge in [0.1, 0.15) is 6.10 Å². The molecule has 5 unspecified atom stereocenters. The first kappa shape index (κ1) is 26.0. The number of hydrogen-bond donors (Lipinski definition) is 2. The first-order valence-electron chi connectivity index (χ1n) is 7.08. The van der Waals surface area contributed by atoms with Gasteiger partial charge in [0.25, 0.3) is 15.6 Å². The van der Waals surface area contributed by atoms with E-state index in [9.17, 15) is 38.7 Å². The predicted octanol–water partition coefficient (Wildman–Crippen LogP) is -5.49. The Kier molecular flexibility index (Phi) is 11.4. The summed E-state index contributed by atoms with van der Waals surface area (Å²) in [6.45, 7) is -0.881. The van der Waals surface area contributed by atoms with Crippen molar-refractivity contribution in [3.8, 4) is 0 Å². The maximum absolute atomic E-state index is 11.6. The maximum Gasteiger partial charge on any atom is 0.269 e. The van der Waals surface area contributed by atoms with E-state index in [0.717, 1.165) is 0 Å². The topological polar surface area (TPSA) is 259 Å². The number of rotatable bonds is 15. The Morgan fingerprint density at radius 2 is 1.44 bits per heavy atom. The van der Waals surface area contributed by atoms with Crippen LogP contribution < -0.4 is 31.5 Å². The average molecular weight is 436 g/mol. The molecule has 0 amide bonds. The lowest BCUT2D eigenvalue weighted by atomic mass is 10.3. The number of hydrogen-bond acceptors (Lipinski definition) is 15. The average Bonchev–Trinajstić information content (AvgIpc) is 2.54. The lowest BCUT2D eigenvalue weighted by Gasteiger charge is -2.31. The second kappa shape index (κ2) is 11.8. The van der Waals surface area contributed by atoms with Crippen molar-refractivity contribution in [1.82, 2.24) is 0 Å². The molecule has 0 aliphatic heterocycles. The first-order valence-corrected chi connectivity index (χ1v) is 10.0. The van der Waals surface area contributed by atoms with Crippen molar-refractivity contribution in [3.63, 3.8) is 0 Å². The summed E-state index contributed by atoms with van der Waals surface area (Å²) in [5, 5.41) is 20.8. The first-order chi connectivity index (χ1) is 12.3. The minimum absolute atomic E-state index is 0.0839. The molecule has 0 fully saturated rings. The Morgan fingerprint density at radius 3 is 1.93 bits per heavy atom. The Labute approximate surface area is 153 Å². The molecule has 0 bridgehead atoms. The molecule has 0 rings (SSSR count). The third-order valence-electron chi connectivity index (χ3n) is 2.39.